The first-order valence-corrected chi connectivity index (χ1v) is 7.43. The molecule has 0 atom stereocenters. The van der Waals surface area contributed by atoms with Gasteiger partial charge in [0.05, 0.1) is 12.3 Å². The van der Waals surface area contributed by atoms with Crippen LogP contribution in [0.5, 0.6) is 5.88 Å². The van der Waals surface area contributed by atoms with E-state index in [1.54, 1.807) is 0 Å². The molecule has 0 bridgehead atoms. The van der Waals surface area contributed by atoms with Crippen LogP contribution in [0.3, 0.4) is 0 Å². The monoisotopic (exact) mass is 272 g/mol. The highest BCUT2D eigenvalue weighted by atomic mass is 16.5. The van der Waals surface area contributed by atoms with Gasteiger partial charge in [-0.1, -0.05) is 39.0 Å². The smallest absolute Gasteiger partial charge is 0.221 e. The summed E-state index contributed by atoms with van der Waals surface area (Å²) in [7, 11) is 0. The summed E-state index contributed by atoms with van der Waals surface area (Å²) in [6, 6.07) is 10.4. The molecule has 0 fully saturated rings. The minimum Gasteiger partial charge on any atom is -0.477 e. The van der Waals surface area contributed by atoms with Crippen molar-refractivity contribution in [1.82, 2.24) is 10.3 Å². The molecule has 108 valence electrons. The van der Waals surface area contributed by atoms with Crippen molar-refractivity contribution in [2.45, 2.75) is 33.7 Å². The van der Waals surface area contributed by atoms with Crippen LogP contribution in [0.15, 0.2) is 30.3 Å². The molecule has 0 radical (unpaired) electrons. The van der Waals surface area contributed by atoms with Gasteiger partial charge in [0.15, 0.2) is 0 Å². The zero-order valence-electron chi connectivity index (χ0n) is 12.6. The number of nitrogens with zero attached hydrogens (tertiary/aromatic N) is 1. The molecule has 3 nitrogen and oxygen atoms in total. The number of rotatable bonds is 7. The Kier molecular flexibility index (Phi) is 5.36. The molecule has 0 spiro atoms. The topological polar surface area (TPSA) is 34.1 Å². The van der Waals surface area contributed by atoms with Gasteiger partial charge in [-0.25, -0.2) is 4.98 Å². The number of aromatic nitrogens is 1. The third kappa shape index (κ3) is 3.94. The number of hydrogen-bond acceptors (Lipinski definition) is 3. The van der Waals surface area contributed by atoms with Crippen LogP contribution in [0.25, 0.3) is 10.8 Å². The van der Waals surface area contributed by atoms with Gasteiger partial charge >= 0.3 is 0 Å². The van der Waals surface area contributed by atoms with Crippen molar-refractivity contribution in [3.05, 3.63) is 36.0 Å². The molecule has 2 aromatic rings. The maximum Gasteiger partial charge on any atom is 0.221 e. The first-order valence-electron chi connectivity index (χ1n) is 7.43. The average Bonchev–Trinajstić information content (AvgIpc) is 2.44. The third-order valence-corrected chi connectivity index (χ3v) is 3.25. The van der Waals surface area contributed by atoms with E-state index in [1.165, 1.54) is 5.39 Å². The second-order valence-corrected chi connectivity index (χ2v) is 5.45. The third-order valence-electron chi connectivity index (χ3n) is 3.25. The van der Waals surface area contributed by atoms with E-state index in [9.17, 15) is 0 Å². The molecule has 0 aliphatic rings. The number of benzene rings is 1. The zero-order valence-corrected chi connectivity index (χ0v) is 12.6. The zero-order chi connectivity index (χ0) is 14.4. The van der Waals surface area contributed by atoms with Crippen LogP contribution in [0.2, 0.25) is 0 Å². The highest BCUT2D eigenvalue weighted by molar-refractivity contribution is 5.87. The first kappa shape index (κ1) is 14.8. The molecule has 20 heavy (non-hydrogen) atoms. The Bertz CT molecular complexity index is 552. The molecule has 1 heterocycles. The molecule has 2 rings (SSSR count). The fourth-order valence-electron chi connectivity index (χ4n) is 2.07. The second-order valence-electron chi connectivity index (χ2n) is 5.45. The van der Waals surface area contributed by atoms with Gasteiger partial charge in [-0.15, -0.1) is 0 Å². The van der Waals surface area contributed by atoms with Crippen LogP contribution in [0, 0.1) is 5.92 Å². The predicted octanol–water partition coefficient (Wildman–Crippen LogP) is 3.77. The molecule has 0 saturated heterocycles. The van der Waals surface area contributed by atoms with E-state index >= 15 is 0 Å². The molecule has 1 aromatic carbocycles. The SMILES string of the molecule is CCNCc1cc2ccccc2c(OCCC(C)C)n1. The van der Waals surface area contributed by atoms with Crippen molar-refractivity contribution < 1.29 is 4.74 Å². The van der Waals surface area contributed by atoms with E-state index in [-0.39, 0.29) is 0 Å². The van der Waals surface area contributed by atoms with Crippen molar-refractivity contribution in [2.75, 3.05) is 13.2 Å². The van der Waals surface area contributed by atoms with Crippen LogP contribution < -0.4 is 10.1 Å². The Morgan fingerprint density at radius 2 is 2.05 bits per heavy atom. The summed E-state index contributed by atoms with van der Waals surface area (Å²) in [6.45, 7) is 8.95. The molecule has 0 amide bonds. The van der Waals surface area contributed by atoms with E-state index in [1.807, 2.05) is 6.07 Å². The van der Waals surface area contributed by atoms with Gasteiger partial charge in [0.25, 0.3) is 0 Å². The molecule has 1 N–H and O–H groups in total. The quantitative estimate of drug-likeness (QED) is 0.833. The van der Waals surface area contributed by atoms with Gasteiger partial charge in [-0.05, 0) is 36.4 Å². The first-order chi connectivity index (χ1) is 9.70. The van der Waals surface area contributed by atoms with E-state index < -0.39 is 0 Å². The van der Waals surface area contributed by atoms with Gasteiger partial charge in [0.2, 0.25) is 5.88 Å². The molecular formula is C17H24N2O. The summed E-state index contributed by atoms with van der Waals surface area (Å²) >= 11 is 0. The van der Waals surface area contributed by atoms with E-state index in [4.69, 9.17) is 4.74 Å². The van der Waals surface area contributed by atoms with E-state index in [0.717, 1.165) is 43.1 Å². The number of hydrogen-bond donors (Lipinski definition) is 1. The van der Waals surface area contributed by atoms with Crippen LogP contribution in [0.1, 0.15) is 32.9 Å². The maximum absolute atomic E-state index is 5.91. The van der Waals surface area contributed by atoms with Gasteiger partial charge in [-0.3, -0.25) is 0 Å². The summed E-state index contributed by atoms with van der Waals surface area (Å²) in [4.78, 5) is 4.65. The lowest BCUT2D eigenvalue weighted by molar-refractivity contribution is 0.282. The number of ether oxygens (including phenoxy) is 1. The second kappa shape index (κ2) is 7.25. The van der Waals surface area contributed by atoms with Crippen molar-refractivity contribution in [2.24, 2.45) is 5.92 Å². The minimum atomic E-state index is 0.645. The van der Waals surface area contributed by atoms with Crippen LogP contribution in [-0.4, -0.2) is 18.1 Å². The van der Waals surface area contributed by atoms with Crippen LogP contribution in [0.4, 0.5) is 0 Å². The molecular weight excluding hydrogens is 248 g/mol. The Labute approximate surface area is 121 Å². The molecule has 0 unspecified atom stereocenters. The highest BCUT2D eigenvalue weighted by Gasteiger charge is 2.07. The molecule has 0 aliphatic carbocycles. The lowest BCUT2D eigenvalue weighted by atomic mass is 10.1. The summed E-state index contributed by atoms with van der Waals surface area (Å²) in [5.41, 5.74) is 1.03. The molecule has 0 aliphatic heterocycles. The Morgan fingerprint density at radius 1 is 1.25 bits per heavy atom. The minimum absolute atomic E-state index is 0.645. The summed E-state index contributed by atoms with van der Waals surface area (Å²) in [6.07, 6.45) is 1.05. The van der Waals surface area contributed by atoms with E-state index in [0.29, 0.717) is 5.92 Å². The van der Waals surface area contributed by atoms with Gasteiger partial charge in [0, 0.05) is 11.9 Å². The van der Waals surface area contributed by atoms with E-state index in [2.05, 4.69) is 55.3 Å². The van der Waals surface area contributed by atoms with Gasteiger partial charge < -0.3 is 10.1 Å². The summed E-state index contributed by atoms with van der Waals surface area (Å²) < 4.78 is 5.91. The lowest BCUT2D eigenvalue weighted by Crippen LogP contribution is -2.13. The molecule has 1 aromatic heterocycles. The van der Waals surface area contributed by atoms with Gasteiger partial charge in [-0.2, -0.15) is 0 Å². The fraction of sp³-hybridized carbons (Fsp3) is 0.471. The highest BCUT2D eigenvalue weighted by Crippen LogP contribution is 2.24. The van der Waals surface area contributed by atoms with Gasteiger partial charge in [0.1, 0.15) is 0 Å². The Hall–Kier alpha value is -1.61. The molecule has 0 saturated carbocycles. The summed E-state index contributed by atoms with van der Waals surface area (Å²) in [5, 5.41) is 5.60. The fourth-order valence-corrected chi connectivity index (χ4v) is 2.07. The Morgan fingerprint density at radius 3 is 2.80 bits per heavy atom. The maximum atomic E-state index is 5.91. The predicted molar refractivity (Wildman–Crippen MR) is 84.1 cm³/mol. The van der Waals surface area contributed by atoms with Crippen LogP contribution >= 0.6 is 0 Å². The number of fused-ring (bicyclic) bond motifs is 1. The van der Waals surface area contributed by atoms with Crippen molar-refractivity contribution >= 4 is 10.8 Å². The van der Waals surface area contributed by atoms with Crippen LogP contribution in [-0.2, 0) is 6.54 Å². The average molecular weight is 272 g/mol. The van der Waals surface area contributed by atoms with Crippen molar-refractivity contribution in [3.63, 3.8) is 0 Å². The Balaban J connectivity index is 2.24. The largest absolute Gasteiger partial charge is 0.477 e. The molecule has 3 heteroatoms. The van der Waals surface area contributed by atoms with Crippen molar-refractivity contribution in [3.8, 4) is 5.88 Å². The van der Waals surface area contributed by atoms with Crippen molar-refractivity contribution in [1.29, 1.82) is 0 Å². The number of nitrogens with one attached hydrogen (secondary N) is 1. The standard InChI is InChI=1S/C17H24N2O/c1-4-18-12-15-11-14-7-5-6-8-16(14)17(19-15)20-10-9-13(2)3/h5-8,11,13,18H,4,9-10,12H2,1-3H3. The number of pyridine rings is 1. The summed E-state index contributed by atoms with van der Waals surface area (Å²) in [5.74, 6) is 1.41. The lowest BCUT2D eigenvalue weighted by Gasteiger charge is -2.12. The normalized spacial score (nSPS) is 11.2.